The molecule has 3 aliphatic carbocycles. The lowest BCUT2D eigenvalue weighted by Crippen LogP contribution is -2.64. The molecule has 2 spiro atoms. The number of likely N-dealkylation sites (tertiary alicyclic amines) is 2. The molecule has 0 bridgehead atoms. The van der Waals surface area contributed by atoms with Gasteiger partial charge in [0.1, 0.15) is 23.7 Å². The molecule has 5 amide bonds. The van der Waals surface area contributed by atoms with E-state index in [-0.39, 0.29) is 53.8 Å². The minimum Gasteiger partial charge on any atom is -0.395 e. The molecular formula is C44H73N7O8S. The van der Waals surface area contributed by atoms with E-state index in [4.69, 9.17) is 0 Å². The molecule has 16 heteroatoms. The Balaban J connectivity index is 1.27. The number of hydrogen-bond acceptors (Lipinski definition) is 9. The van der Waals surface area contributed by atoms with Crippen molar-refractivity contribution < 1.29 is 37.5 Å². The SMILES string of the molecule is C=CC1CC1(NC(=O)C1CC2(CN1C(=O)C(NC(=O)C(NC(=O)C1CCCCN1C(C)C)C(C)(C)C)C(C)(C)C)C(C)(C)C21CCC1)C(=O)NS(=O)(=O)N1CCCC1CO. The maximum absolute atomic E-state index is 15.2. The molecule has 3 aliphatic heterocycles. The van der Waals surface area contributed by atoms with E-state index in [0.29, 0.717) is 32.2 Å². The average Bonchev–Trinajstić information content (AvgIpc) is 3.64. The minimum atomic E-state index is -4.33. The van der Waals surface area contributed by atoms with Crippen LogP contribution < -0.4 is 20.7 Å². The first kappa shape index (κ1) is 46.4. The largest absolute Gasteiger partial charge is 0.395 e. The van der Waals surface area contributed by atoms with Crippen molar-refractivity contribution in [1.82, 2.24) is 34.8 Å². The van der Waals surface area contributed by atoms with Crippen molar-refractivity contribution in [2.45, 2.75) is 175 Å². The zero-order valence-electron chi connectivity index (χ0n) is 37.8. The summed E-state index contributed by atoms with van der Waals surface area (Å²) >= 11 is 0. The van der Waals surface area contributed by atoms with Crippen LogP contribution in [-0.2, 0) is 34.2 Å². The molecule has 6 fully saturated rings. The summed E-state index contributed by atoms with van der Waals surface area (Å²) in [5.74, 6) is -3.14. The van der Waals surface area contributed by atoms with Crippen LogP contribution in [0.15, 0.2) is 12.7 Å². The normalized spacial score (nSPS) is 32.2. The highest BCUT2D eigenvalue weighted by atomic mass is 32.2. The second-order valence-electron chi connectivity index (χ2n) is 21.8. The van der Waals surface area contributed by atoms with E-state index in [9.17, 15) is 32.7 Å². The first-order valence-corrected chi connectivity index (χ1v) is 23.8. The highest BCUT2D eigenvalue weighted by molar-refractivity contribution is 7.87. The summed E-state index contributed by atoms with van der Waals surface area (Å²) in [4.78, 5) is 76.1. The molecule has 6 aliphatic rings. The van der Waals surface area contributed by atoms with Gasteiger partial charge in [0.25, 0.3) is 5.91 Å². The predicted octanol–water partition coefficient (Wildman–Crippen LogP) is 2.99. The number of fused-ring (bicyclic) bond motifs is 1. The molecule has 8 atom stereocenters. The fraction of sp³-hybridized carbons (Fsp3) is 0.841. The molecule has 0 radical (unpaired) electrons. The number of nitrogens with zero attached hydrogens (tertiary/aromatic N) is 3. The summed E-state index contributed by atoms with van der Waals surface area (Å²) in [5.41, 5.74) is -3.73. The third-order valence-corrected chi connectivity index (χ3v) is 17.4. The second-order valence-corrected chi connectivity index (χ2v) is 23.4. The smallest absolute Gasteiger partial charge is 0.304 e. The number of carbonyl (C=O) groups excluding carboxylic acids is 5. The summed E-state index contributed by atoms with van der Waals surface area (Å²) in [7, 11) is -4.33. The molecule has 6 rings (SSSR count). The van der Waals surface area contributed by atoms with Crippen LogP contribution in [-0.4, -0.2) is 125 Å². The average molecular weight is 860 g/mol. The maximum atomic E-state index is 15.2. The van der Waals surface area contributed by atoms with Crippen LogP contribution in [0.3, 0.4) is 0 Å². The van der Waals surface area contributed by atoms with Crippen LogP contribution in [0.2, 0.25) is 0 Å². The highest BCUT2D eigenvalue weighted by Gasteiger charge is 2.85. The zero-order chi connectivity index (χ0) is 44.6. The molecule has 0 aromatic carbocycles. The first-order chi connectivity index (χ1) is 27.7. The topological polar surface area (TPSA) is 198 Å². The fourth-order valence-corrected chi connectivity index (χ4v) is 13.3. The summed E-state index contributed by atoms with van der Waals surface area (Å²) in [6.45, 7) is 24.5. The van der Waals surface area contributed by atoms with Crippen LogP contribution in [0.5, 0.6) is 0 Å². The van der Waals surface area contributed by atoms with Gasteiger partial charge in [-0.25, -0.2) is 4.72 Å². The van der Waals surface area contributed by atoms with Crippen LogP contribution in [0.4, 0.5) is 0 Å². The van der Waals surface area contributed by atoms with Crippen LogP contribution in [0.1, 0.15) is 133 Å². The third kappa shape index (κ3) is 7.71. The fourth-order valence-electron chi connectivity index (χ4n) is 11.8. The Morgan fingerprint density at radius 3 is 2.00 bits per heavy atom. The number of hydrogen-bond donors (Lipinski definition) is 5. The number of piperidine rings is 1. The first-order valence-electron chi connectivity index (χ1n) is 22.3. The summed E-state index contributed by atoms with van der Waals surface area (Å²) in [6, 6.07) is -3.91. The summed E-state index contributed by atoms with van der Waals surface area (Å²) in [6.07, 6.45) is 8.65. The Morgan fingerprint density at radius 2 is 1.48 bits per heavy atom. The monoisotopic (exact) mass is 860 g/mol. The van der Waals surface area contributed by atoms with E-state index in [2.05, 4.69) is 59.8 Å². The lowest BCUT2D eigenvalue weighted by atomic mass is 9.73. The Hall–Kier alpha value is -3.08. The van der Waals surface area contributed by atoms with Crippen molar-refractivity contribution in [3.05, 3.63) is 12.7 Å². The molecule has 338 valence electrons. The van der Waals surface area contributed by atoms with Gasteiger partial charge in [-0.05, 0) is 93.4 Å². The molecule has 15 nitrogen and oxygen atoms in total. The van der Waals surface area contributed by atoms with Gasteiger partial charge in [-0.2, -0.15) is 12.7 Å². The molecule has 0 aromatic heterocycles. The number of aliphatic hydroxyl groups excluding tert-OH is 1. The van der Waals surface area contributed by atoms with E-state index in [0.717, 1.165) is 43.0 Å². The Kier molecular flexibility index (Phi) is 12.3. The molecule has 0 aromatic rings. The molecule has 5 N–H and O–H groups in total. The molecule has 3 saturated heterocycles. The quantitative estimate of drug-likeness (QED) is 0.173. The number of amides is 5. The predicted molar refractivity (Wildman–Crippen MR) is 228 cm³/mol. The van der Waals surface area contributed by atoms with E-state index in [1.54, 1.807) is 4.90 Å². The number of nitrogens with one attached hydrogen (secondary N) is 4. The van der Waals surface area contributed by atoms with E-state index in [1.165, 1.54) is 6.08 Å². The van der Waals surface area contributed by atoms with Crippen LogP contribution in [0, 0.1) is 33.0 Å². The van der Waals surface area contributed by atoms with Gasteiger partial charge in [0.2, 0.25) is 23.6 Å². The molecule has 3 heterocycles. The lowest BCUT2D eigenvalue weighted by molar-refractivity contribution is -0.145. The zero-order valence-corrected chi connectivity index (χ0v) is 38.6. The lowest BCUT2D eigenvalue weighted by Gasteiger charge is -2.40. The Labute approximate surface area is 358 Å². The molecule has 8 unspecified atom stereocenters. The molecule has 3 saturated carbocycles. The van der Waals surface area contributed by atoms with Crippen molar-refractivity contribution in [2.24, 2.45) is 33.0 Å². The summed E-state index contributed by atoms with van der Waals surface area (Å²) < 4.78 is 30.1. The van der Waals surface area contributed by atoms with Gasteiger partial charge < -0.3 is 26.0 Å². The van der Waals surface area contributed by atoms with Gasteiger partial charge >= 0.3 is 10.2 Å². The van der Waals surface area contributed by atoms with E-state index >= 15 is 4.79 Å². The van der Waals surface area contributed by atoms with Gasteiger partial charge in [0, 0.05) is 36.5 Å². The van der Waals surface area contributed by atoms with Crippen molar-refractivity contribution >= 4 is 39.7 Å². The maximum Gasteiger partial charge on any atom is 0.304 e. The van der Waals surface area contributed by atoms with Crippen molar-refractivity contribution in [1.29, 1.82) is 0 Å². The van der Waals surface area contributed by atoms with Gasteiger partial charge in [0.15, 0.2) is 0 Å². The third-order valence-electron chi connectivity index (χ3n) is 15.8. The van der Waals surface area contributed by atoms with Gasteiger partial charge in [-0.1, -0.05) is 74.3 Å². The number of carbonyl (C=O) groups is 5. The van der Waals surface area contributed by atoms with E-state index < -0.39 is 80.3 Å². The van der Waals surface area contributed by atoms with Gasteiger partial charge in [-0.15, -0.1) is 6.58 Å². The van der Waals surface area contributed by atoms with E-state index in [1.807, 2.05) is 41.5 Å². The summed E-state index contributed by atoms with van der Waals surface area (Å²) in [5, 5.41) is 18.8. The number of rotatable bonds is 13. The second kappa shape index (κ2) is 15.9. The Morgan fingerprint density at radius 1 is 0.833 bits per heavy atom. The van der Waals surface area contributed by atoms with Gasteiger partial charge in [0.05, 0.1) is 12.6 Å². The van der Waals surface area contributed by atoms with Crippen molar-refractivity contribution in [2.75, 3.05) is 26.2 Å². The van der Waals surface area contributed by atoms with Crippen LogP contribution >= 0.6 is 0 Å². The highest BCUT2D eigenvalue weighted by Crippen LogP contribution is 2.88. The Bertz CT molecular complexity index is 1850. The van der Waals surface area contributed by atoms with Crippen molar-refractivity contribution in [3.8, 4) is 0 Å². The van der Waals surface area contributed by atoms with Crippen LogP contribution in [0.25, 0.3) is 0 Å². The standard InChI is InChI=1S/C44H73N7O8S/c1-12-28-23-44(28,38(57)48-60(58,59)51-22-15-17-29(51)25-52)47-35(54)31-24-43(41(10,11)42(43)19-16-20-42)26-50(31)37(56)33(40(7,8)9)46-36(55)32(39(4,5)6)45-34(53)30-18-13-14-21-49(30)27(2)3/h12,27-33,52H,1,13-26H2,2-11H3,(H,45,53)(H,46,55)(H,47,54)(H,48,57). The van der Waals surface area contributed by atoms with Crippen molar-refractivity contribution in [3.63, 3.8) is 0 Å². The molecule has 60 heavy (non-hydrogen) atoms. The van der Waals surface area contributed by atoms with Gasteiger partial charge in [-0.3, -0.25) is 28.9 Å². The number of aliphatic hydroxyl groups is 1. The minimum absolute atomic E-state index is 0.0516. The molecular weight excluding hydrogens is 787 g/mol.